The van der Waals surface area contributed by atoms with Crippen LogP contribution in [0, 0.1) is 11.8 Å². The van der Waals surface area contributed by atoms with E-state index in [1.54, 1.807) is 6.20 Å². The van der Waals surface area contributed by atoms with E-state index >= 15 is 0 Å². The van der Waals surface area contributed by atoms with Crippen LogP contribution in [0.5, 0.6) is 0 Å². The first kappa shape index (κ1) is 18.1. The largest absolute Gasteiger partial charge is 0.401 e. The van der Waals surface area contributed by atoms with Gasteiger partial charge >= 0.3 is 6.18 Å². The summed E-state index contributed by atoms with van der Waals surface area (Å²) in [6.45, 7) is 5.31. The van der Waals surface area contributed by atoms with Crippen molar-refractivity contribution in [3.05, 3.63) is 11.9 Å². The maximum atomic E-state index is 12.4. The van der Waals surface area contributed by atoms with Crippen molar-refractivity contribution in [1.29, 1.82) is 0 Å². The van der Waals surface area contributed by atoms with Gasteiger partial charge in [0.25, 0.3) is 0 Å². The number of halogens is 3. The Kier molecular flexibility index (Phi) is 5.95. The van der Waals surface area contributed by atoms with Crippen molar-refractivity contribution in [2.24, 2.45) is 11.8 Å². The molecule has 1 fully saturated rings. The van der Waals surface area contributed by atoms with E-state index in [-0.39, 0.29) is 0 Å². The fourth-order valence-corrected chi connectivity index (χ4v) is 3.11. The van der Waals surface area contributed by atoms with Gasteiger partial charge in [-0.2, -0.15) is 18.3 Å². The molecule has 7 heteroatoms. The summed E-state index contributed by atoms with van der Waals surface area (Å²) in [5.41, 5.74) is 7.80. The summed E-state index contributed by atoms with van der Waals surface area (Å²) in [7, 11) is 0. The van der Waals surface area contributed by atoms with E-state index in [2.05, 4.69) is 18.9 Å². The van der Waals surface area contributed by atoms with Crippen molar-refractivity contribution in [3.8, 4) is 0 Å². The van der Waals surface area contributed by atoms with Crippen LogP contribution in [-0.2, 0) is 13.0 Å². The van der Waals surface area contributed by atoms with Crippen molar-refractivity contribution in [2.45, 2.75) is 52.3 Å². The third-order valence-electron chi connectivity index (χ3n) is 4.48. The van der Waals surface area contributed by atoms with Crippen LogP contribution in [0.2, 0.25) is 0 Å². The second kappa shape index (κ2) is 7.55. The first-order valence-electron chi connectivity index (χ1n) is 8.34. The van der Waals surface area contributed by atoms with Gasteiger partial charge in [0, 0.05) is 6.54 Å². The van der Waals surface area contributed by atoms with E-state index in [1.807, 2.05) is 4.68 Å². The van der Waals surface area contributed by atoms with Gasteiger partial charge in [-0.15, -0.1) is 0 Å². The third kappa shape index (κ3) is 5.71. The van der Waals surface area contributed by atoms with Crippen LogP contribution in [0.4, 0.5) is 18.9 Å². The lowest BCUT2D eigenvalue weighted by molar-refractivity contribution is -0.148. The van der Waals surface area contributed by atoms with Gasteiger partial charge in [-0.25, -0.2) is 0 Å². The Morgan fingerprint density at radius 1 is 1.30 bits per heavy atom. The Morgan fingerprint density at radius 2 is 1.96 bits per heavy atom. The van der Waals surface area contributed by atoms with Gasteiger partial charge < -0.3 is 5.73 Å². The van der Waals surface area contributed by atoms with Crippen molar-refractivity contribution in [2.75, 3.05) is 25.4 Å². The Hall–Kier alpha value is -1.24. The highest BCUT2D eigenvalue weighted by molar-refractivity contribution is 5.40. The number of rotatable bonds is 6. The molecule has 0 bridgehead atoms. The molecule has 0 saturated carbocycles. The molecule has 2 heterocycles. The molecule has 1 saturated heterocycles. The van der Waals surface area contributed by atoms with Gasteiger partial charge in [0.05, 0.1) is 24.1 Å². The number of likely N-dealkylation sites (tertiary alicyclic amines) is 1. The fourth-order valence-electron chi connectivity index (χ4n) is 3.11. The molecule has 0 spiro atoms. The predicted octanol–water partition coefficient (Wildman–Crippen LogP) is 3.33. The number of anilines is 1. The van der Waals surface area contributed by atoms with Crippen LogP contribution in [0.3, 0.4) is 0 Å². The topological polar surface area (TPSA) is 47.1 Å². The quantitative estimate of drug-likeness (QED) is 0.869. The van der Waals surface area contributed by atoms with Crippen LogP contribution in [0.25, 0.3) is 0 Å². The summed E-state index contributed by atoms with van der Waals surface area (Å²) in [5, 5.41) is 4.36. The van der Waals surface area contributed by atoms with E-state index in [4.69, 9.17) is 5.73 Å². The highest BCUT2D eigenvalue weighted by Gasteiger charge is 2.32. The number of nitrogens with two attached hydrogens (primary N) is 1. The highest BCUT2D eigenvalue weighted by Crippen LogP contribution is 2.25. The third-order valence-corrected chi connectivity index (χ3v) is 4.48. The highest BCUT2D eigenvalue weighted by atomic mass is 19.4. The van der Waals surface area contributed by atoms with Gasteiger partial charge in [0.2, 0.25) is 0 Å². The van der Waals surface area contributed by atoms with E-state index in [9.17, 15) is 13.2 Å². The lowest BCUT2D eigenvalue weighted by Gasteiger charge is -2.32. The Labute approximate surface area is 135 Å². The lowest BCUT2D eigenvalue weighted by atomic mass is 9.96. The summed E-state index contributed by atoms with van der Waals surface area (Å²) in [6, 6.07) is 0. The van der Waals surface area contributed by atoms with Gasteiger partial charge in [-0.1, -0.05) is 13.8 Å². The number of hydrogen-bond donors (Lipinski definition) is 1. The monoisotopic (exact) mass is 332 g/mol. The summed E-state index contributed by atoms with van der Waals surface area (Å²) >= 11 is 0. The molecule has 1 aromatic rings. The molecule has 0 amide bonds. The second-order valence-electron chi connectivity index (χ2n) is 7.00. The van der Waals surface area contributed by atoms with Crippen molar-refractivity contribution < 1.29 is 13.2 Å². The van der Waals surface area contributed by atoms with Crippen LogP contribution < -0.4 is 5.73 Å². The average Bonchev–Trinajstić information content (AvgIpc) is 2.77. The van der Waals surface area contributed by atoms with Crippen molar-refractivity contribution in [3.63, 3.8) is 0 Å². The standard InChI is InChI=1S/C16H27F3N4/c1-12(2)3-4-15-14(20)9-21-23(15)10-13-5-7-22(8-6-13)11-16(17,18)19/h9,12-13H,3-8,10-11,20H2,1-2H3. The zero-order valence-corrected chi connectivity index (χ0v) is 13.9. The molecule has 1 aromatic heterocycles. The SMILES string of the molecule is CC(C)CCc1c(N)cnn1CC1CCN(CC(F)(F)F)CC1. The van der Waals surface area contributed by atoms with Crippen LogP contribution >= 0.6 is 0 Å². The molecule has 4 nitrogen and oxygen atoms in total. The Balaban J connectivity index is 1.87. The minimum absolute atomic E-state index is 0.372. The number of nitrogen functional groups attached to an aromatic ring is 1. The van der Waals surface area contributed by atoms with Crippen LogP contribution in [0.15, 0.2) is 6.20 Å². The molecule has 1 aliphatic rings. The summed E-state index contributed by atoms with van der Waals surface area (Å²) in [4.78, 5) is 1.49. The van der Waals surface area contributed by atoms with Crippen molar-refractivity contribution in [1.82, 2.24) is 14.7 Å². The molecule has 0 atom stereocenters. The van der Waals surface area contributed by atoms with E-state index < -0.39 is 12.7 Å². The molecule has 0 unspecified atom stereocenters. The molecular formula is C16H27F3N4. The summed E-state index contributed by atoms with van der Waals surface area (Å²) in [5.74, 6) is 0.972. The van der Waals surface area contributed by atoms with E-state index in [0.717, 1.165) is 43.6 Å². The van der Waals surface area contributed by atoms with E-state index in [1.165, 1.54) is 4.90 Å². The molecule has 1 aliphatic heterocycles. The predicted molar refractivity (Wildman–Crippen MR) is 85.0 cm³/mol. The van der Waals surface area contributed by atoms with Gasteiger partial charge in [0.15, 0.2) is 0 Å². The summed E-state index contributed by atoms with van der Waals surface area (Å²) < 4.78 is 39.2. The molecular weight excluding hydrogens is 305 g/mol. The van der Waals surface area contributed by atoms with Crippen molar-refractivity contribution >= 4 is 5.69 Å². The fraction of sp³-hybridized carbons (Fsp3) is 0.812. The number of aromatic nitrogens is 2. The maximum absolute atomic E-state index is 12.4. The van der Waals surface area contributed by atoms with E-state index in [0.29, 0.717) is 24.9 Å². The smallest absolute Gasteiger partial charge is 0.396 e. The number of nitrogens with zero attached hydrogens (tertiary/aromatic N) is 3. The van der Waals surface area contributed by atoms with Gasteiger partial charge in [-0.3, -0.25) is 9.58 Å². The van der Waals surface area contributed by atoms with Crippen LogP contribution in [0.1, 0.15) is 38.8 Å². The minimum Gasteiger partial charge on any atom is -0.396 e. The first-order valence-corrected chi connectivity index (χ1v) is 8.34. The molecule has 0 radical (unpaired) electrons. The molecule has 0 aliphatic carbocycles. The Bertz CT molecular complexity index is 488. The number of hydrogen-bond acceptors (Lipinski definition) is 3. The first-order chi connectivity index (χ1) is 10.7. The number of piperidine rings is 1. The normalized spacial score (nSPS) is 18.0. The molecule has 23 heavy (non-hydrogen) atoms. The Morgan fingerprint density at radius 3 is 2.52 bits per heavy atom. The van der Waals surface area contributed by atoms with Gasteiger partial charge in [-0.05, 0) is 50.6 Å². The zero-order valence-electron chi connectivity index (χ0n) is 13.9. The summed E-state index contributed by atoms with van der Waals surface area (Å²) in [6.07, 6.45) is 1.09. The van der Waals surface area contributed by atoms with Crippen LogP contribution in [-0.4, -0.2) is 40.5 Å². The minimum atomic E-state index is -4.10. The van der Waals surface area contributed by atoms with Gasteiger partial charge in [0.1, 0.15) is 0 Å². The average molecular weight is 332 g/mol. The lowest BCUT2D eigenvalue weighted by Crippen LogP contribution is -2.40. The molecule has 2 N–H and O–H groups in total. The number of alkyl halides is 3. The maximum Gasteiger partial charge on any atom is 0.401 e. The second-order valence-corrected chi connectivity index (χ2v) is 7.00. The molecule has 0 aromatic carbocycles. The zero-order chi connectivity index (χ0) is 17.0. The molecule has 132 valence electrons. The molecule has 2 rings (SSSR count).